The molecule has 1 spiro atoms. The van der Waals surface area contributed by atoms with Crippen molar-refractivity contribution in [3.8, 4) is 11.1 Å². The molecule has 176 valence electrons. The molecule has 5 rings (SSSR count). The fraction of sp³-hybridized carbons (Fsp3) is 0.458. The monoisotopic (exact) mass is 476 g/mol. The second-order valence-electron chi connectivity index (χ2n) is 9.37. The number of sulfonamides is 1. The highest BCUT2D eigenvalue weighted by atomic mass is 32.2. The van der Waals surface area contributed by atoms with Gasteiger partial charge in [-0.1, -0.05) is 36.4 Å². The molecule has 33 heavy (non-hydrogen) atoms. The third kappa shape index (κ3) is 4.18. The summed E-state index contributed by atoms with van der Waals surface area (Å²) >= 11 is 0. The maximum Gasteiger partial charge on any atom is 0.252 e. The van der Waals surface area contributed by atoms with Gasteiger partial charge in [0.05, 0.1) is 18.9 Å². The summed E-state index contributed by atoms with van der Waals surface area (Å²) < 4.78 is 62.4. The van der Waals surface area contributed by atoms with E-state index in [2.05, 4.69) is 4.72 Å². The third-order valence-corrected chi connectivity index (χ3v) is 7.77. The molecule has 0 aromatic heterocycles. The number of likely N-dealkylation sites (tertiary alicyclic amines) is 1. The minimum atomic E-state index is -3.55. The lowest BCUT2D eigenvalue weighted by atomic mass is 9.91. The van der Waals surface area contributed by atoms with Crippen LogP contribution in [-0.4, -0.2) is 56.8 Å². The Morgan fingerprint density at radius 1 is 1.15 bits per heavy atom. The van der Waals surface area contributed by atoms with Crippen LogP contribution in [0.5, 0.6) is 0 Å². The molecule has 2 aromatic rings. The van der Waals surface area contributed by atoms with Gasteiger partial charge >= 0.3 is 0 Å². The number of nitrogens with one attached hydrogen (secondary N) is 1. The smallest absolute Gasteiger partial charge is 0.252 e. The van der Waals surface area contributed by atoms with Gasteiger partial charge in [-0.2, -0.15) is 0 Å². The Balaban J connectivity index is 1.51. The molecule has 0 unspecified atom stereocenters. The minimum Gasteiger partial charge on any atom is -0.368 e. The number of hydrogen-bond donors (Lipinski definition) is 1. The summed E-state index contributed by atoms with van der Waals surface area (Å²) in [5.41, 5.74) is 0.263. The molecule has 2 aromatic carbocycles. The van der Waals surface area contributed by atoms with Crippen molar-refractivity contribution < 1.29 is 26.7 Å². The van der Waals surface area contributed by atoms with E-state index in [0.29, 0.717) is 25.1 Å². The first-order valence-corrected chi connectivity index (χ1v) is 13.0. The van der Waals surface area contributed by atoms with Crippen molar-refractivity contribution in [2.75, 3.05) is 19.4 Å². The van der Waals surface area contributed by atoms with Gasteiger partial charge in [0.2, 0.25) is 10.0 Å². The normalized spacial score (nSPS) is 25.8. The lowest BCUT2D eigenvalue weighted by Gasteiger charge is -2.34. The molecule has 1 amide bonds. The van der Waals surface area contributed by atoms with Crippen molar-refractivity contribution in [2.24, 2.45) is 5.41 Å². The molecule has 0 radical (unpaired) electrons. The van der Waals surface area contributed by atoms with Crippen LogP contribution >= 0.6 is 0 Å². The largest absolute Gasteiger partial charge is 0.368 e. The van der Waals surface area contributed by atoms with E-state index < -0.39 is 39.8 Å². The van der Waals surface area contributed by atoms with Gasteiger partial charge in [-0.3, -0.25) is 4.79 Å². The standard InChI is InChI=1S/C24H26F2N2O4S/c1-33(30,31)27-22-19(28(14-24(22)10-11-24)23(29)20-9-12-32-20)13-15-5-4-7-17(21(15)26)16-6-2-3-8-18(16)25/h2-8,19-20,22,27H,9-14H2,1H3/t19-,20+,22+/m0/s1. The molecule has 2 heterocycles. The summed E-state index contributed by atoms with van der Waals surface area (Å²) in [5.74, 6) is -1.27. The first-order chi connectivity index (χ1) is 15.7. The summed E-state index contributed by atoms with van der Waals surface area (Å²) in [6, 6.07) is 9.68. The number of carbonyl (C=O) groups excluding carboxylic acids is 1. The quantitative estimate of drug-likeness (QED) is 0.696. The number of hydrogen-bond acceptors (Lipinski definition) is 4. The average Bonchev–Trinajstić information content (AvgIpc) is 3.43. The van der Waals surface area contributed by atoms with E-state index in [0.717, 1.165) is 19.1 Å². The van der Waals surface area contributed by atoms with Gasteiger partial charge in [0.15, 0.2) is 0 Å². The predicted molar refractivity (Wildman–Crippen MR) is 119 cm³/mol. The van der Waals surface area contributed by atoms with E-state index in [-0.39, 0.29) is 28.9 Å². The van der Waals surface area contributed by atoms with Crippen LogP contribution in [0.2, 0.25) is 0 Å². The summed E-state index contributed by atoms with van der Waals surface area (Å²) in [6.45, 7) is 0.933. The van der Waals surface area contributed by atoms with E-state index in [4.69, 9.17) is 4.74 Å². The van der Waals surface area contributed by atoms with Gasteiger partial charge in [0.25, 0.3) is 5.91 Å². The van der Waals surface area contributed by atoms with E-state index in [9.17, 15) is 17.6 Å². The van der Waals surface area contributed by atoms with E-state index in [1.807, 2.05) is 0 Å². The van der Waals surface area contributed by atoms with Crippen LogP contribution < -0.4 is 4.72 Å². The van der Waals surface area contributed by atoms with Crippen molar-refractivity contribution in [1.29, 1.82) is 0 Å². The first-order valence-electron chi connectivity index (χ1n) is 11.1. The number of halogens is 2. The number of ether oxygens (including phenoxy) is 1. The zero-order chi connectivity index (χ0) is 23.4. The molecule has 1 saturated carbocycles. The number of amides is 1. The summed E-state index contributed by atoms with van der Waals surface area (Å²) in [7, 11) is -3.55. The van der Waals surface area contributed by atoms with Crippen LogP contribution in [-0.2, 0) is 26.0 Å². The SMILES string of the molecule is CS(=O)(=O)N[C@@H]1[C@H](Cc2cccc(-c3ccccc3F)c2F)N(C(=O)[C@H]2CCO2)CC12CC2. The number of carbonyl (C=O) groups is 1. The zero-order valence-corrected chi connectivity index (χ0v) is 19.1. The number of rotatable bonds is 6. The summed E-state index contributed by atoms with van der Waals surface area (Å²) in [4.78, 5) is 14.8. The molecule has 0 bridgehead atoms. The Labute approximate surface area is 192 Å². The summed E-state index contributed by atoms with van der Waals surface area (Å²) in [5, 5.41) is 0. The van der Waals surface area contributed by atoms with Crippen molar-refractivity contribution in [3.63, 3.8) is 0 Å². The molecule has 9 heteroatoms. The van der Waals surface area contributed by atoms with Gasteiger partial charge in [-0.15, -0.1) is 0 Å². The molecule has 1 N–H and O–H groups in total. The highest BCUT2D eigenvalue weighted by molar-refractivity contribution is 7.88. The van der Waals surface area contributed by atoms with E-state index in [1.54, 1.807) is 29.2 Å². The third-order valence-electron chi connectivity index (χ3n) is 7.09. The Morgan fingerprint density at radius 3 is 2.45 bits per heavy atom. The fourth-order valence-electron chi connectivity index (χ4n) is 5.14. The Kier molecular flexibility index (Phi) is 5.54. The van der Waals surface area contributed by atoms with Gasteiger partial charge in [-0.05, 0) is 30.9 Å². The van der Waals surface area contributed by atoms with Crippen LogP contribution in [0.4, 0.5) is 8.78 Å². The van der Waals surface area contributed by atoms with Crippen molar-refractivity contribution in [3.05, 3.63) is 59.7 Å². The predicted octanol–water partition coefficient (Wildman–Crippen LogP) is 2.87. The highest BCUT2D eigenvalue weighted by Crippen LogP contribution is 2.56. The molecular formula is C24H26F2N2O4S. The Morgan fingerprint density at radius 2 is 1.85 bits per heavy atom. The second-order valence-corrected chi connectivity index (χ2v) is 11.2. The molecule has 3 fully saturated rings. The fourth-order valence-corrected chi connectivity index (χ4v) is 6.01. The van der Waals surface area contributed by atoms with Crippen molar-refractivity contribution in [1.82, 2.24) is 9.62 Å². The van der Waals surface area contributed by atoms with Gasteiger partial charge in [0.1, 0.15) is 17.7 Å². The van der Waals surface area contributed by atoms with Crippen LogP contribution in [0.3, 0.4) is 0 Å². The van der Waals surface area contributed by atoms with Crippen LogP contribution in [0.15, 0.2) is 42.5 Å². The van der Waals surface area contributed by atoms with Crippen LogP contribution in [0.1, 0.15) is 24.8 Å². The molecule has 3 aliphatic rings. The molecule has 2 aliphatic heterocycles. The lowest BCUT2D eigenvalue weighted by Crippen LogP contribution is -2.53. The van der Waals surface area contributed by atoms with Crippen LogP contribution in [0.25, 0.3) is 11.1 Å². The first kappa shape index (κ1) is 22.4. The Bertz CT molecular complexity index is 1190. The maximum atomic E-state index is 15.6. The van der Waals surface area contributed by atoms with Crippen LogP contribution in [0, 0.1) is 17.0 Å². The minimum absolute atomic E-state index is 0.113. The average molecular weight is 477 g/mol. The Hall–Kier alpha value is -2.36. The highest BCUT2D eigenvalue weighted by Gasteiger charge is 2.61. The molecule has 2 saturated heterocycles. The van der Waals surface area contributed by atoms with E-state index in [1.165, 1.54) is 18.2 Å². The topological polar surface area (TPSA) is 75.7 Å². The summed E-state index contributed by atoms with van der Waals surface area (Å²) in [6.07, 6.45) is 2.89. The van der Waals surface area contributed by atoms with Gasteiger partial charge in [-0.25, -0.2) is 21.9 Å². The lowest BCUT2D eigenvalue weighted by molar-refractivity contribution is -0.157. The number of benzene rings is 2. The van der Waals surface area contributed by atoms with E-state index >= 15 is 4.39 Å². The number of nitrogens with zero attached hydrogens (tertiary/aromatic N) is 1. The second kappa shape index (κ2) is 8.14. The molecule has 3 atom stereocenters. The van der Waals surface area contributed by atoms with Crippen molar-refractivity contribution >= 4 is 15.9 Å². The molecule has 1 aliphatic carbocycles. The van der Waals surface area contributed by atoms with Gasteiger partial charge in [0, 0.05) is 35.5 Å². The molecule has 6 nitrogen and oxygen atoms in total. The zero-order valence-electron chi connectivity index (χ0n) is 18.3. The maximum absolute atomic E-state index is 15.6. The van der Waals surface area contributed by atoms with Crippen molar-refractivity contribution in [2.45, 2.75) is 43.9 Å². The van der Waals surface area contributed by atoms with Gasteiger partial charge < -0.3 is 9.64 Å². The molecular weight excluding hydrogens is 450 g/mol.